The number of nitrogens with zero attached hydrogens (tertiary/aromatic N) is 3. The van der Waals surface area contributed by atoms with Gasteiger partial charge < -0.3 is 14.1 Å². The molecule has 0 bridgehead atoms. The lowest BCUT2D eigenvalue weighted by Crippen LogP contribution is -2.39. The van der Waals surface area contributed by atoms with Gasteiger partial charge in [-0.2, -0.15) is 0 Å². The molecule has 6 nitrogen and oxygen atoms in total. The molecule has 0 spiro atoms. The molecular weight excluding hydrogens is 382 g/mol. The minimum Gasteiger partial charge on any atom is -0.497 e. The summed E-state index contributed by atoms with van der Waals surface area (Å²) in [5, 5.41) is 10.6. The van der Waals surface area contributed by atoms with Crippen LogP contribution in [0.5, 0.6) is 5.75 Å². The first-order chi connectivity index (χ1) is 13.2. The van der Waals surface area contributed by atoms with E-state index in [-0.39, 0.29) is 17.7 Å². The summed E-state index contributed by atoms with van der Waals surface area (Å²) in [6, 6.07) is 9.64. The number of aromatic nitrogens is 2. The summed E-state index contributed by atoms with van der Waals surface area (Å²) in [4.78, 5) is 16.0. The molecule has 0 saturated carbocycles. The van der Waals surface area contributed by atoms with Crippen molar-refractivity contribution < 1.29 is 13.9 Å². The molecule has 0 fully saturated rings. The van der Waals surface area contributed by atoms with Gasteiger partial charge in [-0.15, -0.1) is 21.5 Å². The second-order valence-corrected chi connectivity index (χ2v) is 8.13. The maximum absolute atomic E-state index is 12.7. The average molecular weight is 402 g/mol. The Morgan fingerprint density at radius 3 is 2.93 bits per heavy atom. The van der Waals surface area contributed by atoms with E-state index in [4.69, 9.17) is 9.15 Å². The van der Waals surface area contributed by atoms with Crippen molar-refractivity contribution in [1.82, 2.24) is 15.1 Å². The minimum atomic E-state index is 0.0912. The van der Waals surface area contributed by atoms with E-state index in [9.17, 15) is 4.79 Å². The second-order valence-electron chi connectivity index (χ2n) is 6.20. The fraction of sp³-hybridized carbons (Fsp3) is 0.316. The maximum atomic E-state index is 12.7. The third-order valence-corrected chi connectivity index (χ3v) is 6.46. The minimum absolute atomic E-state index is 0.0912. The quantitative estimate of drug-likeness (QED) is 0.601. The van der Waals surface area contributed by atoms with Gasteiger partial charge in [-0.25, -0.2) is 0 Å². The van der Waals surface area contributed by atoms with E-state index in [1.807, 2.05) is 29.2 Å². The lowest BCUT2D eigenvalue weighted by molar-refractivity contribution is -0.130. The number of thiophene rings is 1. The van der Waals surface area contributed by atoms with Crippen LogP contribution in [-0.4, -0.2) is 40.4 Å². The number of rotatable bonds is 5. The lowest BCUT2D eigenvalue weighted by Gasteiger charge is -2.33. The number of carbonyl (C=O) groups is 1. The van der Waals surface area contributed by atoms with Crippen LogP contribution < -0.4 is 4.74 Å². The number of hydrogen-bond acceptors (Lipinski definition) is 7. The van der Waals surface area contributed by atoms with E-state index in [1.165, 1.54) is 22.2 Å². The van der Waals surface area contributed by atoms with Gasteiger partial charge in [0.05, 0.1) is 18.9 Å². The molecule has 1 aromatic carbocycles. The molecule has 3 heterocycles. The number of amides is 1. The van der Waals surface area contributed by atoms with Gasteiger partial charge in [0.1, 0.15) is 5.75 Å². The lowest BCUT2D eigenvalue weighted by atomic mass is 10.0. The number of thioether (sulfide) groups is 1. The Morgan fingerprint density at radius 2 is 2.15 bits per heavy atom. The Labute approximate surface area is 165 Å². The first kappa shape index (κ1) is 18.1. The standard InChI is InChI=1S/C19H19N3O3S2/c1-12-15-8-10-26-16(15)7-9-22(12)17(23)11-27-19-21-20-18(25-19)13-3-5-14(24-2)6-4-13/h3-6,8,10,12H,7,9,11H2,1-2H3. The summed E-state index contributed by atoms with van der Waals surface area (Å²) in [5.41, 5.74) is 2.08. The van der Waals surface area contributed by atoms with Crippen LogP contribution in [0.1, 0.15) is 23.4 Å². The van der Waals surface area contributed by atoms with E-state index in [2.05, 4.69) is 28.6 Å². The predicted octanol–water partition coefficient (Wildman–Crippen LogP) is 4.04. The molecule has 0 N–H and O–H groups in total. The van der Waals surface area contributed by atoms with E-state index >= 15 is 0 Å². The fourth-order valence-electron chi connectivity index (χ4n) is 3.17. The summed E-state index contributed by atoms with van der Waals surface area (Å²) in [7, 11) is 1.62. The fourth-order valence-corrected chi connectivity index (χ4v) is 4.79. The summed E-state index contributed by atoms with van der Waals surface area (Å²) >= 11 is 3.05. The number of benzene rings is 1. The molecule has 140 valence electrons. The van der Waals surface area contributed by atoms with Crippen LogP contribution in [0, 0.1) is 0 Å². The molecular formula is C19H19N3O3S2. The SMILES string of the molecule is COc1ccc(-c2nnc(SCC(=O)N3CCc4sccc4C3C)o2)cc1. The molecule has 0 aliphatic carbocycles. The summed E-state index contributed by atoms with van der Waals surface area (Å²) < 4.78 is 10.8. The highest BCUT2D eigenvalue weighted by Gasteiger charge is 2.28. The van der Waals surface area contributed by atoms with Crippen molar-refractivity contribution in [2.75, 3.05) is 19.4 Å². The van der Waals surface area contributed by atoms with Gasteiger partial charge in [-0.1, -0.05) is 11.8 Å². The van der Waals surface area contributed by atoms with Crippen molar-refractivity contribution in [1.29, 1.82) is 0 Å². The van der Waals surface area contributed by atoms with E-state index in [1.54, 1.807) is 18.4 Å². The van der Waals surface area contributed by atoms with E-state index in [0.29, 0.717) is 11.1 Å². The van der Waals surface area contributed by atoms with Crippen LogP contribution in [0.4, 0.5) is 0 Å². The average Bonchev–Trinajstić information content (AvgIpc) is 3.36. The van der Waals surface area contributed by atoms with E-state index < -0.39 is 0 Å². The summed E-state index contributed by atoms with van der Waals surface area (Å²) in [6.07, 6.45) is 0.927. The zero-order valence-corrected chi connectivity index (χ0v) is 16.7. The molecule has 27 heavy (non-hydrogen) atoms. The molecule has 0 saturated heterocycles. The Hall–Kier alpha value is -2.32. The molecule has 1 aliphatic rings. The zero-order chi connectivity index (χ0) is 18.8. The van der Waals surface area contributed by atoms with Gasteiger partial charge in [-0.3, -0.25) is 4.79 Å². The van der Waals surface area contributed by atoms with Crippen molar-refractivity contribution in [3.05, 3.63) is 46.2 Å². The van der Waals surface area contributed by atoms with Crippen LogP contribution in [0.15, 0.2) is 45.4 Å². The van der Waals surface area contributed by atoms with Crippen molar-refractivity contribution in [3.63, 3.8) is 0 Å². The molecule has 0 radical (unpaired) electrons. The second kappa shape index (κ2) is 7.74. The topological polar surface area (TPSA) is 68.5 Å². The van der Waals surface area contributed by atoms with Crippen LogP contribution in [0.2, 0.25) is 0 Å². The molecule has 4 rings (SSSR count). The van der Waals surface area contributed by atoms with E-state index in [0.717, 1.165) is 24.3 Å². The highest BCUT2D eigenvalue weighted by atomic mass is 32.2. The first-order valence-electron chi connectivity index (χ1n) is 8.62. The Bertz CT molecular complexity index is 936. The van der Waals surface area contributed by atoms with Crippen LogP contribution >= 0.6 is 23.1 Å². The van der Waals surface area contributed by atoms with Gasteiger partial charge in [0.25, 0.3) is 5.22 Å². The number of methoxy groups -OCH3 is 1. The maximum Gasteiger partial charge on any atom is 0.277 e. The summed E-state index contributed by atoms with van der Waals surface area (Å²) in [5.74, 6) is 1.58. The monoisotopic (exact) mass is 401 g/mol. The molecule has 1 amide bonds. The molecule has 8 heteroatoms. The molecule has 2 aromatic heterocycles. The third-order valence-electron chi connectivity index (χ3n) is 4.66. The van der Waals surface area contributed by atoms with Crippen molar-refractivity contribution >= 4 is 29.0 Å². The van der Waals surface area contributed by atoms with Crippen molar-refractivity contribution in [3.8, 4) is 17.2 Å². The first-order valence-corrected chi connectivity index (χ1v) is 10.5. The van der Waals surface area contributed by atoms with Gasteiger partial charge in [0.15, 0.2) is 0 Å². The molecule has 1 atom stereocenters. The normalized spacial score (nSPS) is 16.2. The third kappa shape index (κ3) is 3.72. The van der Waals surface area contributed by atoms with Crippen molar-refractivity contribution in [2.45, 2.75) is 24.6 Å². The molecule has 1 aliphatic heterocycles. The van der Waals surface area contributed by atoms with Gasteiger partial charge in [0.2, 0.25) is 11.8 Å². The smallest absolute Gasteiger partial charge is 0.277 e. The highest BCUT2D eigenvalue weighted by molar-refractivity contribution is 7.99. The Kier molecular flexibility index (Phi) is 5.18. The zero-order valence-electron chi connectivity index (χ0n) is 15.0. The largest absolute Gasteiger partial charge is 0.497 e. The van der Waals surface area contributed by atoms with Gasteiger partial charge in [0, 0.05) is 17.0 Å². The van der Waals surface area contributed by atoms with Gasteiger partial charge >= 0.3 is 0 Å². The van der Waals surface area contributed by atoms with Crippen LogP contribution in [-0.2, 0) is 11.2 Å². The van der Waals surface area contributed by atoms with Gasteiger partial charge in [-0.05, 0) is 54.6 Å². The van der Waals surface area contributed by atoms with Crippen LogP contribution in [0.3, 0.4) is 0 Å². The number of hydrogen-bond donors (Lipinski definition) is 0. The number of ether oxygens (including phenoxy) is 1. The predicted molar refractivity (Wildman–Crippen MR) is 105 cm³/mol. The van der Waals surface area contributed by atoms with Crippen molar-refractivity contribution in [2.24, 2.45) is 0 Å². The number of fused-ring (bicyclic) bond motifs is 1. The molecule has 1 unspecified atom stereocenters. The Balaban J connectivity index is 1.38. The number of carbonyl (C=O) groups excluding carboxylic acids is 1. The molecule has 3 aromatic rings. The summed E-state index contributed by atoms with van der Waals surface area (Å²) in [6.45, 7) is 2.84. The highest BCUT2D eigenvalue weighted by Crippen LogP contribution is 2.33. The van der Waals surface area contributed by atoms with Crippen LogP contribution in [0.25, 0.3) is 11.5 Å². The Morgan fingerprint density at radius 1 is 1.33 bits per heavy atom.